The molecule has 0 rings (SSSR count). The van der Waals surface area contributed by atoms with Crippen molar-refractivity contribution in [2.24, 2.45) is 5.41 Å². The van der Waals surface area contributed by atoms with Gasteiger partial charge in [0.2, 0.25) is 5.91 Å². The molecule has 0 aromatic carbocycles. The maximum atomic E-state index is 11.1. The molecule has 14 heavy (non-hydrogen) atoms. The third kappa shape index (κ3) is 3.71. The second kappa shape index (κ2) is 4.92. The summed E-state index contributed by atoms with van der Waals surface area (Å²) < 4.78 is 0. The van der Waals surface area contributed by atoms with Gasteiger partial charge in [0.1, 0.15) is 12.6 Å². The quantitative estimate of drug-likeness (QED) is 0.440. The van der Waals surface area contributed by atoms with E-state index in [1.54, 1.807) is 0 Å². The Hall–Kier alpha value is -1.14. The molecule has 0 spiro atoms. The Labute approximate surface area is 81.5 Å². The average Bonchev–Trinajstić information content (AvgIpc) is 2.12. The lowest BCUT2D eigenvalue weighted by atomic mass is 9.87. The summed E-state index contributed by atoms with van der Waals surface area (Å²) in [6, 6.07) is 0. The topological polar surface area (TPSA) is 107 Å². The zero-order valence-corrected chi connectivity index (χ0v) is 8.15. The first-order valence-corrected chi connectivity index (χ1v) is 4.09. The van der Waals surface area contributed by atoms with Gasteiger partial charge < -0.3 is 20.6 Å². The number of hydrogen-bond acceptors (Lipinski definition) is 4. The number of aliphatic hydroxyl groups is 2. The van der Waals surface area contributed by atoms with Gasteiger partial charge >= 0.3 is 5.97 Å². The molecular weight excluding hydrogens is 190 g/mol. The molecule has 0 aromatic heterocycles. The number of carboxylic acids is 1. The maximum absolute atomic E-state index is 11.1. The van der Waals surface area contributed by atoms with Crippen LogP contribution < -0.4 is 5.32 Å². The maximum Gasteiger partial charge on any atom is 0.322 e. The number of amides is 1. The zero-order valence-electron chi connectivity index (χ0n) is 8.15. The minimum atomic E-state index is -1.42. The summed E-state index contributed by atoms with van der Waals surface area (Å²) in [5, 5.41) is 28.5. The fourth-order valence-electron chi connectivity index (χ4n) is 0.701. The zero-order chi connectivity index (χ0) is 11.4. The van der Waals surface area contributed by atoms with Crippen LogP contribution in [0.5, 0.6) is 0 Å². The molecule has 0 heterocycles. The van der Waals surface area contributed by atoms with Gasteiger partial charge in [-0.15, -0.1) is 0 Å². The van der Waals surface area contributed by atoms with Gasteiger partial charge in [-0.2, -0.15) is 0 Å². The molecular formula is C8H15NO5. The van der Waals surface area contributed by atoms with Gasteiger partial charge in [-0.05, 0) is 0 Å². The van der Waals surface area contributed by atoms with Crippen molar-refractivity contribution in [3.8, 4) is 0 Å². The van der Waals surface area contributed by atoms with Crippen molar-refractivity contribution in [2.75, 3.05) is 13.2 Å². The molecule has 1 atom stereocenters. The highest BCUT2D eigenvalue weighted by atomic mass is 16.4. The van der Waals surface area contributed by atoms with Crippen LogP contribution in [0, 0.1) is 5.41 Å². The summed E-state index contributed by atoms with van der Waals surface area (Å²) in [7, 11) is 0. The van der Waals surface area contributed by atoms with Crippen molar-refractivity contribution >= 4 is 11.9 Å². The average molecular weight is 205 g/mol. The molecule has 6 heteroatoms. The fraction of sp³-hybridized carbons (Fsp3) is 0.750. The van der Waals surface area contributed by atoms with Crippen molar-refractivity contribution < 1.29 is 24.9 Å². The molecule has 0 fully saturated rings. The highest BCUT2D eigenvalue weighted by molar-refractivity contribution is 5.84. The Balaban J connectivity index is 4.19. The van der Waals surface area contributed by atoms with Gasteiger partial charge in [-0.1, -0.05) is 13.8 Å². The van der Waals surface area contributed by atoms with Gasteiger partial charge in [0.05, 0.1) is 6.61 Å². The van der Waals surface area contributed by atoms with E-state index in [0.717, 1.165) is 0 Å². The van der Waals surface area contributed by atoms with Gasteiger partial charge in [-0.25, -0.2) is 0 Å². The van der Waals surface area contributed by atoms with E-state index in [9.17, 15) is 14.7 Å². The SMILES string of the molecule is CC(C)(CO)C(O)C(=O)NCC(=O)O. The Kier molecular flexibility index (Phi) is 4.52. The first-order chi connectivity index (χ1) is 6.31. The monoisotopic (exact) mass is 205 g/mol. The molecule has 4 N–H and O–H groups in total. The largest absolute Gasteiger partial charge is 0.480 e. The lowest BCUT2D eigenvalue weighted by Crippen LogP contribution is -2.46. The fourth-order valence-corrected chi connectivity index (χ4v) is 0.701. The van der Waals surface area contributed by atoms with Gasteiger partial charge in [-0.3, -0.25) is 9.59 Å². The van der Waals surface area contributed by atoms with Crippen molar-refractivity contribution in [3.63, 3.8) is 0 Å². The van der Waals surface area contributed by atoms with Crippen LogP contribution in [0.25, 0.3) is 0 Å². The van der Waals surface area contributed by atoms with Gasteiger partial charge in [0.15, 0.2) is 0 Å². The summed E-state index contributed by atoms with van der Waals surface area (Å²) in [5.74, 6) is -1.99. The first-order valence-electron chi connectivity index (χ1n) is 4.09. The van der Waals surface area contributed by atoms with E-state index < -0.39 is 29.9 Å². The Morgan fingerprint density at radius 1 is 1.43 bits per heavy atom. The second-order valence-corrected chi connectivity index (χ2v) is 3.66. The number of carbonyl (C=O) groups excluding carboxylic acids is 1. The minimum absolute atomic E-state index is 0.366. The van der Waals surface area contributed by atoms with Crippen LogP contribution in [-0.2, 0) is 9.59 Å². The van der Waals surface area contributed by atoms with E-state index in [4.69, 9.17) is 10.2 Å². The number of carbonyl (C=O) groups is 2. The molecule has 0 saturated carbocycles. The lowest BCUT2D eigenvalue weighted by Gasteiger charge is -2.26. The summed E-state index contributed by atoms with van der Waals surface area (Å²) >= 11 is 0. The third-order valence-corrected chi connectivity index (χ3v) is 1.81. The normalized spacial score (nSPS) is 13.4. The molecule has 0 radical (unpaired) electrons. The van der Waals surface area contributed by atoms with Crippen LogP contribution in [-0.4, -0.2) is 46.5 Å². The van der Waals surface area contributed by atoms with E-state index in [2.05, 4.69) is 0 Å². The van der Waals surface area contributed by atoms with Crippen LogP contribution in [0.15, 0.2) is 0 Å². The van der Waals surface area contributed by atoms with E-state index in [0.29, 0.717) is 0 Å². The number of nitrogens with one attached hydrogen (secondary N) is 1. The van der Waals surface area contributed by atoms with Crippen molar-refractivity contribution in [1.29, 1.82) is 0 Å². The summed E-state index contributed by atoms with van der Waals surface area (Å²) in [4.78, 5) is 21.2. The van der Waals surface area contributed by atoms with Crippen LogP contribution in [0.2, 0.25) is 0 Å². The Morgan fingerprint density at radius 3 is 2.29 bits per heavy atom. The molecule has 6 nitrogen and oxygen atoms in total. The van der Waals surface area contributed by atoms with E-state index in [-0.39, 0.29) is 6.61 Å². The number of hydrogen-bond donors (Lipinski definition) is 4. The van der Waals surface area contributed by atoms with Crippen molar-refractivity contribution in [3.05, 3.63) is 0 Å². The second-order valence-electron chi connectivity index (χ2n) is 3.66. The molecule has 1 amide bonds. The third-order valence-electron chi connectivity index (χ3n) is 1.81. The summed E-state index contributed by atoms with van der Waals surface area (Å²) in [6.07, 6.45) is -1.42. The van der Waals surface area contributed by atoms with E-state index >= 15 is 0 Å². The molecule has 0 aliphatic heterocycles. The summed E-state index contributed by atoms with van der Waals surface area (Å²) in [6.45, 7) is 2.09. The Bertz CT molecular complexity index is 226. The smallest absolute Gasteiger partial charge is 0.322 e. The predicted molar refractivity (Wildman–Crippen MR) is 47.5 cm³/mol. The number of aliphatic carboxylic acids is 1. The standard InChI is InChI=1S/C8H15NO5/c1-8(2,4-10)6(13)7(14)9-3-5(11)12/h6,10,13H,3-4H2,1-2H3,(H,9,14)(H,11,12). The van der Waals surface area contributed by atoms with Crippen molar-refractivity contribution in [1.82, 2.24) is 5.32 Å². The van der Waals surface area contributed by atoms with Gasteiger partial charge in [0, 0.05) is 5.41 Å². The minimum Gasteiger partial charge on any atom is -0.480 e. The van der Waals surface area contributed by atoms with Crippen LogP contribution in [0.1, 0.15) is 13.8 Å². The number of carboxylic acid groups (broad SMARTS) is 1. The molecule has 82 valence electrons. The van der Waals surface area contributed by atoms with Crippen LogP contribution in [0.3, 0.4) is 0 Å². The molecule has 0 aromatic rings. The van der Waals surface area contributed by atoms with Gasteiger partial charge in [0.25, 0.3) is 0 Å². The molecule has 0 bridgehead atoms. The molecule has 0 aliphatic carbocycles. The molecule has 0 saturated heterocycles. The highest BCUT2D eigenvalue weighted by Crippen LogP contribution is 2.19. The molecule has 0 aliphatic rings. The van der Waals surface area contributed by atoms with E-state index in [1.165, 1.54) is 13.8 Å². The highest BCUT2D eigenvalue weighted by Gasteiger charge is 2.32. The number of aliphatic hydroxyl groups excluding tert-OH is 2. The predicted octanol–water partition coefficient (Wildman–Crippen LogP) is -1.43. The molecule has 1 unspecified atom stereocenters. The summed E-state index contributed by atoms with van der Waals surface area (Å²) in [5.41, 5.74) is -0.984. The van der Waals surface area contributed by atoms with E-state index in [1.807, 2.05) is 5.32 Å². The first kappa shape index (κ1) is 12.9. The van der Waals surface area contributed by atoms with Crippen molar-refractivity contribution in [2.45, 2.75) is 20.0 Å². The Morgan fingerprint density at radius 2 is 1.93 bits per heavy atom. The van der Waals surface area contributed by atoms with Crippen LogP contribution in [0.4, 0.5) is 0 Å². The lowest BCUT2D eigenvalue weighted by molar-refractivity contribution is -0.142. The van der Waals surface area contributed by atoms with Crippen LogP contribution >= 0.6 is 0 Å². The number of rotatable bonds is 5.